The van der Waals surface area contributed by atoms with Gasteiger partial charge in [-0.2, -0.15) is 0 Å². The third-order valence-corrected chi connectivity index (χ3v) is 3.53. The lowest BCUT2D eigenvalue weighted by atomic mass is 10.2. The van der Waals surface area contributed by atoms with E-state index in [2.05, 4.69) is 6.26 Å². The van der Waals surface area contributed by atoms with Crippen LogP contribution in [0, 0.1) is 0 Å². The van der Waals surface area contributed by atoms with E-state index in [1.165, 1.54) is 5.75 Å². The molecule has 0 N–H and O–H groups in total. The molecule has 1 unspecified atom stereocenters. The standard InChI is InChI=1S/C9H15O2S/c1-3-11-9(10)8-5-4-6-12(2)7-8/h5H,3-4,6-7H2,1-2H3/q+1. The summed E-state index contributed by atoms with van der Waals surface area (Å²) in [6, 6.07) is 0. The molecule has 1 heterocycles. The van der Waals surface area contributed by atoms with E-state index in [4.69, 9.17) is 4.74 Å². The Labute approximate surface area is 76.3 Å². The molecule has 0 radical (unpaired) electrons. The quantitative estimate of drug-likeness (QED) is 0.478. The summed E-state index contributed by atoms with van der Waals surface area (Å²) >= 11 is 0. The van der Waals surface area contributed by atoms with Gasteiger partial charge in [0.05, 0.1) is 18.4 Å². The highest BCUT2D eigenvalue weighted by atomic mass is 32.2. The fourth-order valence-electron chi connectivity index (χ4n) is 1.20. The molecule has 0 aliphatic carbocycles. The highest BCUT2D eigenvalue weighted by molar-refractivity contribution is 7.96. The highest BCUT2D eigenvalue weighted by Crippen LogP contribution is 2.13. The molecule has 0 aromatic heterocycles. The van der Waals surface area contributed by atoms with Crippen LogP contribution in [0.5, 0.6) is 0 Å². The molecule has 1 aliphatic heterocycles. The lowest BCUT2D eigenvalue weighted by molar-refractivity contribution is -0.138. The van der Waals surface area contributed by atoms with Gasteiger partial charge in [0.15, 0.2) is 0 Å². The van der Waals surface area contributed by atoms with Crippen LogP contribution in [0.3, 0.4) is 0 Å². The molecule has 0 saturated heterocycles. The Morgan fingerprint density at radius 3 is 3.08 bits per heavy atom. The summed E-state index contributed by atoms with van der Waals surface area (Å²) in [5.74, 6) is 2.03. The van der Waals surface area contributed by atoms with Crippen LogP contribution in [0.2, 0.25) is 0 Å². The van der Waals surface area contributed by atoms with Crippen LogP contribution in [0.15, 0.2) is 11.6 Å². The van der Waals surface area contributed by atoms with Gasteiger partial charge in [-0.1, -0.05) is 6.08 Å². The maximum atomic E-state index is 11.3. The molecule has 3 heteroatoms. The number of allylic oxidation sites excluding steroid dienone is 1. The molecule has 12 heavy (non-hydrogen) atoms. The molecule has 0 amide bonds. The Morgan fingerprint density at radius 2 is 2.50 bits per heavy atom. The van der Waals surface area contributed by atoms with E-state index in [-0.39, 0.29) is 5.97 Å². The molecule has 1 atom stereocenters. The first-order valence-corrected chi connectivity index (χ1v) is 6.16. The Morgan fingerprint density at radius 1 is 1.75 bits per heavy atom. The smallest absolute Gasteiger partial charge is 0.338 e. The van der Waals surface area contributed by atoms with Gasteiger partial charge in [0, 0.05) is 6.42 Å². The fraction of sp³-hybridized carbons (Fsp3) is 0.667. The molecule has 0 fully saturated rings. The number of carbonyl (C=O) groups is 1. The average Bonchev–Trinajstić information content (AvgIpc) is 2.05. The maximum absolute atomic E-state index is 11.3. The topological polar surface area (TPSA) is 26.3 Å². The zero-order valence-electron chi connectivity index (χ0n) is 7.63. The molecule has 2 nitrogen and oxygen atoms in total. The van der Waals surface area contributed by atoms with Gasteiger partial charge >= 0.3 is 5.97 Å². The summed E-state index contributed by atoms with van der Waals surface area (Å²) < 4.78 is 4.93. The summed E-state index contributed by atoms with van der Waals surface area (Å²) in [5, 5.41) is 0. The van der Waals surface area contributed by atoms with Crippen LogP contribution in [0.4, 0.5) is 0 Å². The number of hydrogen-bond donors (Lipinski definition) is 0. The van der Waals surface area contributed by atoms with Crippen LogP contribution >= 0.6 is 0 Å². The molecule has 68 valence electrons. The van der Waals surface area contributed by atoms with Gasteiger partial charge in [-0.3, -0.25) is 0 Å². The Bertz CT molecular complexity index is 199. The first-order chi connectivity index (χ1) is 5.74. The molecule has 0 aromatic carbocycles. The second-order valence-electron chi connectivity index (χ2n) is 2.87. The van der Waals surface area contributed by atoms with Crippen molar-refractivity contribution < 1.29 is 9.53 Å². The van der Waals surface area contributed by atoms with E-state index >= 15 is 0 Å². The molecular formula is C9H15O2S+. The summed E-state index contributed by atoms with van der Waals surface area (Å²) in [4.78, 5) is 11.3. The minimum Gasteiger partial charge on any atom is -0.463 e. The molecule has 1 aliphatic rings. The van der Waals surface area contributed by atoms with E-state index in [1.54, 1.807) is 0 Å². The normalized spacial score (nSPS) is 23.2. The van der Waals surface area contributed by atoms with Crippen molar-refractivity contribution in [2.75, 3.05) is 24.4 Å². The predicted octanol–water partition coefficient (Wildman–Crippen LogP) is 1.13. The molecule has 0 spiro atoms. The molecular weight excluding hydrogens is 172 g/mol. The molecule has 0 bridgehead atoms. The SMILES string of the molecule is CCOC(=O)C1=CCC[S+](C)C1. The fourth-order valence-corrected chi connectivity index (χ4v) is 2.63. The Balaban J connectivity index is 2.50. The van der Waals surface area contributed by atoms with E-state index in [9.17, 15) is 4.79 Å². The largest absolute Gasteiger partial charge is 0.463 e. The van der Waals surface area contributed by atoms with Crippen molar-refractivity contribution >= 4 is 16.9 Å². The average molecular weight is 187 g/mol. The monoisotopic (exact) mass is 187 g/mol. The first-order valence-electron chi connectivity index (χ1n) is 4.19. The van der Waals surface area contributed by atoms with Crippen LogP contribution in [0.25, 0.3) is 0 Å². The van der Waals surface area contributed by atoms with Crippen LogP contribution < -0.4 is 0 Å². The maximum Gasteiger partial charge on any atom is 0.338 e. The van der Waals surface area contributed by atoms with Gasteiger partial charge in [0.25, 0.3) is 0 Å². The van der Waals surface area contributed by atoms with E-state index in [0.717, 1.165) is 17.7 Å². The summed E-state index contributed by atoms with van der Waals surface area (Å²) in [7, 11) is 0.386. The third-order valence-electron chi connectivity index (χ3n) is 1.80. The summed E-state index contributed by atoms with van der Waals surface area (Å²) in [6.07, 6.45) is 5.25. The number of rotatable bonds is 2. The molecule has 0 saturated carbocycles. The highest BCUT2D eigenvalue weighted by Gasteiger charge is 2.23. The third kappa shape index (κ3) is 2.55. The zero-order chi connectivity index (χ0) is 8.97. The minimum atomic E-state index is -0.114. The van der Waals surface area contributed by atoms with Gasteiger partial charge in [-0.25, -0.2) is 4.79 Å². The van der Waals surface area contributed by atoms with E-state index in [1.807, 2.05) is 13.0 Å². The van der Waals surface area contributed by atoms with E-state index in [0.29, 0.717) is 17.5 Å². The summed E-state index contributed by atoms with van der Waals surface area (Å²) in [5.41, 5.74) is 0.883. The molecule has 0 aromatic rings. The number of ether oxygens (including phenoxy) is 1. The lowest BCUT2D eigenvalue weighted by Crippen LogP contribution is -2.22. The second-order valence-corrected chi connectivity index (χ2v) is 5.13. The van der Waals surface area contributed by atoms with Crippen LogP contribution in [-0.2, 0) is 20.4 Å². The van der Waals surface area contributed by atoms with Crippen molar-refractivity contribution in [1.29, 1.82) is 0 Å². The molecule has 1 rings (SSSR count). The minimum absolute atomic E-state index is 0.114. The lowest BCUT2D eigenvalue weighted by Gasteiger charge is -2.10. The Kier molecular flexibility index (Phi) is 3.66. The predicted molar refractivity (Wildman–Crippen MR) is 52.4 cm³/mol. The number of hydrogen-bond acceptors (Lipinski definition) is 2. The first kappa shape index (κ1) is 9.65. The van der Waals surface area contributed by atoms with Crippen LogP contribution in [0.1, 0.15) is 13.3 Å². The second kappa shape index (κ2) is 4.55. The van der Waals surface area contributed by atoms with Gasteiger partial charge in [0.1, 0.15) is 11.5 Å². The van der Waals surface area contributed by atoms with Crippen molar-refractivity contribution in [3.8, 4) is 0 Å². The van der Waals surface area contributed by atoms with Crippen LogP contribution in [-0.4, -0.2) is 30.3 Å². The van der Waals surface area contributed by atoms with Crippen molar-refractivity contribution in [3.63, 3.8) is 0 Å². The number of esters is 1. The van der Waals surface area contributed by atoms with E-state index < -0.39 is 0 Å². The van der Waals surface area contributed by atoms with Gasteiger partial charge in [-0.15, -0.1) is 0 Å². The Hall–Kier alpha value is -0.440. The van der Waals surface area contributed by atoms with Crippen molar-refractivity contribution in [1.82, 2.24) is 0 Å². The van der Waals surface area contributed by atoms with Gasteiger partial charge in [-0.05, 0) is 17.8 Å². The number of carbonyl (C=O) groups excluding carboxylic acids is 1. The van der Waals surface area contributed by atoms with Crippen molar-refractivity contribution in [2.24, 2.45) is 0 Å². The van der Waals surface area contributed by atoms with Crippen molar-refractivity contribution in [2.45, 2.75) is 13.3 Å². The summed E-state index contributed by atoms with van der Waals surface area (Å²) in [6.45, 7) is 2.32. The zero-order valence-corrected chi connectivity index (χ0v) is 8.45. The van der Waals surface area contributed by atoms with Gasteiger partial charge < -0.3 is 4.74 Å². The van der Waals surface area contributed by atoms with Gasteiger partial charge in [0.2, 0.25) is 0 Å². The van der Waals surface area contributed by atoms with Crippen molar-refractivity contribution in [3.05, 3.63) is 11.6 Å².